The molecule has 9 nitrogen and oxygen atoms in total. The highest BCUT2D eigenvalue weighted by Crippen LogP contribution is 2.18. The van der Waals surface area contributed by atoms with E-state index in [1.54, 1.807) is 24.0 Å². The quantitative estimate of drug-likeness (QED) is 0.737. The number of carbonyl (C=O) groups excluding carboxylic acids is 1. The van der Waals surface area contributed by atoms with Gasteiger partial charge in [-0.25, -0.2) is 0 Å². The number of amides is 1. The molecule has 0 saturated heterocycles. The summed E-state index contributed by atoms with van der Waals surface area (Å²) >= 11 is 0. The second-order valence-electron chi connectivity index (χ2n) is 3.58. The van der Waals surface area contributed by atoms with Gasteiger partial charge in [0.25, 0.3) is 11.8 Å². The van der Waals surface area contributed by atoms with Gasteiger partial charge in [-0.3, -0.25) is 14.8 Å². The van der Waals surface area contributed by atoms with E-state index in [0.29, 0.717) is 5.69 Å². The maximum Gasteiger partial charge on any atom is 0.322 e. The van der Waals surface area contributed by atoms with Crippen molar-refractivity contribution in [3.8, 4) is 11.6 Å². The summed E-state index contributed by atoms with van der Waals surface area (Å²) in [5.74, 6) is -0.203. The van der Waals surface area contributed by atoms with Gasteiger partial charge in [-0.2, -0.15) is 5.10 Å². The number of aryl methyl sites for hydroxylation is 1. The molecule has 0 fully saturated rings. The van der Waals surface area contributed by atoms with Crippen LogP contribution < -0.4 is 5.32 Å². The van der Waals surface area contributed by atoms with Gasteiger partial charge in [-0.05, 0) is 6.07 Å². The Morgan fingerprint density at radius 1 is 1.32 bits per heavy atom. The third-order valence-corrected chi connectivity index (χ3v) is 2.35. The van der Waals surface area contributed by atoms with E-state index in [0.717, 1.165) is 0 Å². The Morgan fingerprint density at radius 2 is 2.21 bits per heavy atom. The molecule has 0 saturated carbocycles. The number of hydrogen-bond acceptors (Lipinski definition) is 7. The Balaban J connectivity index is 1.79. The van der Waals surface area contributed by atoms with Gasteiger partial charge >= 0.3 is 6.01 Å². The molecule has 3 aromatic rings. The Kier molecular flexibility index (Phi) is 2.56. The number of nitrogens with one attached hydrogen (secondary N) is 1. The van der Waals surface area contributed by atoms with Gasteiger partial charge in [-0.1, -0.05) is 10.3 Å². The number of anilines is 1. The Morgan fingerprint density at radius 3 is 2.89 bits per heavy atom. The molecule has 0 unspecified atom stereocenters. The molecule has 0 aliphatic carbocycles. The van der Waals surface area contributed by atoms with Gasteiger partial charge in [0.05, 0.1) is 6.20 Å². The van der Waals surface area contributed by atoms with Crippen molar-refractivity contribution in [1.82, 2.24) is 25.1 Å². The number of nitrogens with zero attached hydrogens (tertiary/aromatic N) is 5. The zero-order valence-electron chi connectivity index (χ0n) is 9.77. The lowest BCUT2D eigenvalue weighted by Crippen LogP contribution is -2.11. The van der Waals surface area contributed by atoms with Crippen LogP contribution in [0.3, 0.4) is 0 Å². The largest absolute Gasteiger partial charge is 0.401 e. The van der Waals surface area contributed by atoms with Crippen LogP contribution in [0.5, 0.6) is 0 Å². The highest BCUT2D eigenvalue weighted by atomic mass is 16.5. The second kappa shape index (κ2) is 4.37. The molecular formula is C10H8N6O3. The summed E-state index contributed by atoms with van der Waals surface area (Å²) in [6.07, 6.45) is 2.97. The molecule has 0 atom stereocenters. The van der Waals surface area contributed by atoms with Crippen LogP contribution in [-0.4, -0.2) is 31.0 Å². The highest BCUT2D eigenvalue weighted by Gasteiger charge is 2.16. The van der Waals surface area contributed by atoms with Crippen LogP contribution in [0.15, 0.2) is 33.5 Å². The van der Waals surface area contributed by atoms with E-state index >= 15 is 0 Å². The summed E-state index contributed by atoms with van der Waals surface area (Å²) in [5.41, 5.74) is 0.646. The molecule has 0 aliphatic heterocycles. The Hall–Kier alpha value is -2.97. The summed E-state index contributed by atoms with van der Waals surface area (Å²) in [7, 11) is 1.74. The molecule has 3 aromatic heterocycles. The first-order chi connectivity index (χ1) is 9.24. The van der Waals surface area contributed by atoms with E-state index in [-0.39, 0.29) is 17.7 Å². The monoisotopic (exact) mass is 260 g/mol. The molecule has 0 aromatic carbocycles. The molecule has 1 N–H and O–H groups in total. The van der Waals surface area contributed by atoms with Crippen LogP contribution in [0, 0.1) is 0 Å². The number of hydrogen-bond donors (Lipinski definition) is 1. The molecule has 0 spiro atoms. The lowest BCUT2D eigenvalue weighted by atomic mass is 10.4. The topological polar surface area (TPSA) is 112 Å². The van der Waals surface area contributed by atoms with Crippen LogP contribution in [0.1, 0.15) is 10.6 Å². The number of carbonyl (C=O) groups is 1. The van der Waals surface area contributed by atoms with E-state index in [2.05, 4.69) is 25.8 Å². The van der Waals surface area contributed by atoms with Crippen molar-refractivity contribution in [2.45, 2.75) is 0 Å². The number of aromatic nitrogens is 5. The third kappa shape index (κ3) is 2.08. The zero-order valence-corrected chi connectivity index (χ0v) is 9.77. The Bertz CT molecular complexity index is 699. The van der Waals surface area contributed by atoms with Crippen molar-refractivity contribution < 1.29 is 13.7 Å². The summed E-state index contributed by atoms with van der Waals surface area (Å²) in [6.45, 7) is 0. The molecule has 9 heteroatoms. The Labute approximate surface area is 106 Å². The average Bonchev–Trinajstić information content (AvgIpc) is 3.08. The summed E-state index contributed by atoms with van der Waals surface area (Å²) in [5, 5.41) is 17.3. The number of rotatable bonds is 3. The SMILES string of the molecule is Cn1nccc1-c1nnc(NC(=O)c2ccno2)o1. The van der Waals surface area contributed by atoms with Crippen LogP contribution in [0.2, 0.25) is 0 Å². The van der Waals surface area contributed by atoms with Crippen molar-refractivity contribution in [3.05, 3.63) is 30.3 Å². The first-order valence-corrected chi connectivity index (χ1v) is 5.28. The normalized spacial score (nSPS) is 10.6. The maximum absolute atomic E-state index is 11.6. The molecule has 0 aliphatic rings. The van der Waals surface area contributed by atoms with Crippen molar-refractivity contribution in [3.63, 3.8) is 0 Å². The van der Waals surface area contributed by atoms with Gasteiger partial charge in [0, 0.05) is 19.3 Å². The van der Waals surface area contributed by atoms with Gasteiger partial charge in [-0.15, -0.1) is 5.10 Å². The first-order valence-electron chi connectivity index (χ1n) is 5.28. The predicted molar refractivity (Wildman–Crippen MR) is 61.0 cm³/mol. The van der Waals surface area contributed by atoms with Crippen LogP contribution in [0.4, 0.5) is 6.01 Å². The minimum absolute atomic E-state index is 0.0300. The van der Waals surface area contributed by atoms with Crippen LogP contribution in [0.25, 0.3) is 11.6 Å². The third-order valence-electron chi connectivity index (χ3n) is 2.35. The van der Waals surface area contributed by atoms with Gasteiger partial charge in [0.2, 0.25) is 5.76 Å². The fourth-order valence-electron chi connectivity index (χ4n) is 1.45. The van der Waals surface area contributed by atoms with Crippen molar-refractivity contribution >= 4 is 11.9 Å². The van der Waals surface area contributed by atoms with E-state index in [4.69, 9.17) is 8.94 Å². The first kappa shape index (κ1) is 11.1. The van der Waals surface area contributed by atoms with Gasteiger partial charge < -0.3 is 8.94 Å². The lowest BCUT2D eigenvalue weighted by molar-refractivity contribution is 0.0985. The van der Waals surface area contributed by atoms with Gasteiger partial charge in [0.1, 0.15) is 5.69 Å². The summed E-state index contributed by atoms with van der Waals surface area (Å²) in [6, 6.07) is 3.11. The standard InChI is InChI=1S/C10H8N6O3/c1-16-6(2-4-11-16)9-14-15-10(18-9)13-8(17)7-3-5-12-19-7/h2-5H,1H3,(H,13,15,17). The van der Waals surface area contributed by atoms with Crippen LogP contribution >= 0.6 is 0 Å². The summed E-state index contributed by atoms with van der Waals surface area (Å²) < 4.78 is 11.6. The maximum atomic E-state index is 11.6. The molecule has 0 radical (unpaired) electrons. The van der Waals surface area contributed by atoms with Crippen molar-refractivity contribution in [2.75, 3.05) is 5.32 Å². The fraction of sp³-hybridized carbons (Fsp3) is 0.100. The van der Waals surface area contributed by atoms with E-state index < -0.39 is 5.91 Å². The molecule has 0 bridgehead atoms. The van der Waals surface area contributed by atoms with Crippen molar-refractivity contribution in [1.29, 1.82) is 0 Å². The minimum atomic E-state index is -0.516. The van der Waals surface area contributed by atoms with Crippen LogP contribution in [-0.2, 0) is 7.05 Å². The van der Waals surface area contributed by atoms with E-state index in [1.807, 2.05) is 0 Å². The predicted octanol–water partition coefficient (Wildman–Crippen LogP) is 0.710. The zero-order chi connectivity index (χ0) is 13.2. The second-order valence-corrected chi connectivity index (χ2v) is 3.58. The molecular weight excluding hydrogens is 252 g/mol. The molecule has 3 heterocycles. The smallest absolute Gasteiger partial charge is 0.322 e. The molecule has 1 amide bonds. The summed E-state index contributed by atoms with van der Waals surface area (Å²) in [4.78, 5) is 11.6. The molecule has 96 valence electrons. The minimum Gasteiger partial charge on any atom is -0.401 e. The highest BCUT2D eigenvalue weighted by molar-refractivity contribution is 6.00. The van der Waals surface area contributed by atoms with Crippen molar-refractivity contribution in [2.24, 2.45) is 7.05 Å². The lowest BCUT2D eigenvalue weighted by Gasteiger charge is -1.95. The molecule has 19 heavy (non-hydrogen) atoms. The fourth-order valence-corrected chi connectivity index (χ4v) is 1.45. The van der Waals surface area contributed by atoms with Gasteiger partial charge in [0.15, 0.2) is 0 Å². The van der Waals surface area contributed by atoms with E-state index in [1.165, 1.54) is 12.3 Å². The average molecular weight is 260 g/mol. The van der Waals surface area contributed by atoms with E-state index in [9.17, 15) is 4.79 Å². The molecule has 3 rings (SSSR count).